The molecule has 0 bridgehead atoms. The Balaban J connectivity index is 2.28. The van der Waals surface area contributed by atoms with Gasteiger partial charge in [-0.25, -0.2) is 0 Å². The summed E-state index contributed by atoms with van der Waals surface area (Å²) in [6.07, 6.45) is 3.74. The average molecular weight is 346 g/mol. The smallest absolute Gasteiger partial charge is 0.329 e. The molecule has 0 aliphatic carbocycles. The van der Waals surface area contributed by atoms with E-state index in [0.717, 1.165) is 12.2 Å². The van der Waals surface area contributed by atoms with Crippen molar-refractivity contribution in [1.29, 1.82) is 0 Å². The molecule has 0 amide bonds. The fraction of sp³-hybridized carbons (Fsp3) is 0.278. The highest BCUT2D eigenvalue weighted by Crippen LogP contribution is 2.38. The van der Waals surface area contributed by atoms with Crippen molar-refractivity contribution < 1.29 is 33.3 Å². The minimum absolute atomic E-state index is 0.174. The number of hydrogen-bond acceptors (Lipinski definition) is 7. The zero-order chi connectivity index (χ0) is 18.6. The van der Waals surface area contributed by atoms with Gasteiger partial charge < -0.3 is 18.9 Å². The van der Waals surface area contributed by atoms with Crippen LogP contribution >= 0.6 is 0 Å². The minimum atomic E-state index is -1.47. The lowest BCUT2D eigenvalue weighted by Gasteiger charge is -2.16. The third-order valence-electron chi connectivity index (χ3n) is 3.54. The third kappa shape index (κ3) is 3.88. The summed E-state index contributed by atoms with van der Waals surface area (Å²) < 4.78 is 20.5. The molecule has 0 aromatic heterocycles. The van der Waals surface area contributed by atoms with Crippen LogP contribution in [0.3, 0.4) is 0 Å². The van der Waals surface area contributed by atoms with E-state index in [4.69, 9.17) is 18.9 Å². The third-order valence-corrected chi connectivity index (χ3v) is 3.54. The van der Waals surface area contributed by atoms with Crippen LogP contribution in [0, 0.1) is 5.92 Å². The molecule has 132 valence electrons. The van der Waals surface area contributed by atoms with Crippen LogP contribution in [0.25, 0.3) is 6.08 Å². The first-order valence-corrected chi connectivity index (χ1v) is 7.37. The fourth-order valence-electron chi connectivity index (χ4n) is 2.38. The molecule has 25 heavy (non-hydrogen) atoms. The Labute approximate surface area is 144 Å². The monoisotopic (exact) mass is 346 g/mol. The molecule has 0 saturated heterocycles. The summed E-state index contributed by atoms with van der Waals surface area (Å²) in [7, 11) is 4.43. The zero-order valence-electron chi connectivity index (χ0n) is 14.3. The second-order valence-corrected chi connectivity index (χ2v) is 5.21. The number of ether oxygens (including phenoxy) is 4. The van der Waals surface area contributed by atoms with Gasteiger partial charge in [0.15, 0.2) is 29.0 Å². The summed E-state index contributed by atoms with van der Waals surface area (Å²) in [5.41, 5.74) is 0.575. The maximum atomic E-state index is 12.2. The number of ketones is 2. The first-order valence-electron chi connectivity index (χ1n) is 7.37. The Morgan fingerprint density at radius 1 is 1.08 bits per heavy atom. The number of benzene rings is 1. The molecule has 1 heterocycles. The summed E-state index contributed by atoms with van der Waals surface area (Å²) in [5.74, 6) is -2.17. The molecule has 1 aromatic rings. The van der Waals surface area contributed by atoms with Crippen molar-refractivity contribution in [3.63, 3.8) is 0 Å². The highest BCUT2D eigenvalue weighted by molar-refractivity contribution is 6.25. The normalized spacial score (nSPS) is 17.1. The van der Waals surface area contributed by atoms with Crippen molar-refractivity contribution in [3.8, 4) is 17.2 Å². The van der Waals surface area contributed by atoms with Gasteiger partial charge in [-0.15, -0.1) is 0 Å². The Bertz CT molecular complexity index is 749. The molecular formula is C18H18O7. The highest BCUT2D eigenvalue weighted by Gasteiger charge is 2.36. The molecule has 0 saturated carbocycles. The van der Waals surface area contributed by atoms with Gasteiger partial charge in [-0.1, -0.05) is 6.08 Å². The maximum absolute atomic E-state index is 12.2. The Morgan fingerprint density at radius 3 is 2.16 bits per heavy atom. The van der Waals surface area contributed by atoms with Crippen LogP contribution in [0.2, 0.25) is 0 Å². The summed E-state index contributed by atoms with van der Waals surface area (Å²) >= 11 is 0. The van der Waals surface area contributed by atoms with Gasteiger partial charge >= 0.3 is 5.97 Å². The van der Waals surface area contributed by atoms with E-state index in [9.17, 15) is 14.4 Å². The Morgan fingerprint density at radius 2 is 1.68 bits per heavy atom. The summed E-state index contributed by atoms with van der Waals surface area (Å²) in [5, 5.41) is 0. The van der Waals surface area contributed by atoms with Gasteiger partial charge in [-0.05, 0) is 30.7 Å². The van der Waals surface area contributed by atoms with Gasteiger partial charge in [0.25, 0.3) is 0 Å². The molecule has 1 atom stereocenters. The maximum Gasteiger partial charge on any atom is 0.329 e. The topological polar surface area (TPSA) is 88.1 Å². The minimum Gasteiger partial charge on any atom is -0.493 e. The SMILES string of the molecule is COc1cc(/C=C/C(=O)[C@H]2C(=O)C=C(C)OC2=O)cc(OC)c1OC. The number of carbonyl (C=O) groups excluding carboxylic acids is 3. The Hall–Kier alpha value is -3.09. The van der Waals surface area contributed by atoms with Crippen molar-refractivity contribution in [3.05, 3.63) is 35.6 Å². The van der Waals surface area contributed by atoms with Crippen LogP contribution in [-0.2, 0) is 19.1 Å². The molecule has 2 rings (SSSR count). The molecule has 0 unspecified atom stereocenters. The fourth-order valence-corrected chi connectivity index (χ4v) is 2.38. The van der Waals surface area contributed by atoms with Crippen molar-refractivity contribution in [2.75, 3.05) is 21.3 Å². The molecule has 0 spiro atoms. The van der Waals surface area contributed by atoms with E-state index in [1.807, 2.05) is 0 Å². The predicted molar refractivity (Wildman–Crippen MR) is 88.5 cm³/mol. The van der Waals surface area contributed by atoms with Crippen LogP contribution < -0.4 is 14.2 Å². The van der Waals surface area contributed by atoms with E-state index in [2.05, 4.69) is 0 Å². The number of cyclic esters (lactones) is 1. The number of allylic oxidation sites excluding steroid dienone is 3. The standard InChI is InChI=1S/C18H18O7/c1-10-7-13(20)16(18(21)25-10)12(19)6-5-11-8-14(22-2)17(24-4)15(9-11)23-3/h5-9,16H,1-4H3/b6-5+/t16-/m0/s1. The number of methoxy groups -OCH3 is 3. The lowest BCUT2D eigenvalue weighted by Crippen LogP contribution is -2.34. The van der Waals surface area contributed by atoms with Gasteiger partial charge in [-0.2, -0.15) is 0 Å². The van der Waals surface area contributed by atoms with Gasteiger partial charge in [0.05, 0.1) is 21.3 Å². The quantitative estimate of drug-likeness (QED) is 0.442. The van der Waals surface area contributed by atoms with E-state index in [1.54, 1.807) is 12.1 Å². The largest absolute Gasteiger partial charge is 0.493 e. The van der Waals surface area contributed by atoms with Crippen molar-refractivity contribution in [1.82, 2.24) is 0 Å². The van der Waals surface area contributed by atoms with E-state index in [-0.39, 0.29) is 5.76 Å². The van der Waals surface area contributed by atoms with Gasteiger partial charge in [0.2, 0.25) is 5.75 Å². The van der Waals surface area contributed by atoms with E-state index >= 15 is 0 Å². The zero-order valence-corrected chi connectivity index (χ0v) is 14.3. The van der Waals surface area contributed by atoms with E-state index in [1.165, 1.54) is 34.3 Å². The van der Waals surface area contributed by atoms with Crippen molar-refractivity contribution >= 4 is 23.6 Å². The van der Waals surface area contributed by atoms with Crippen LogP contribution in [-0.4, -0.2) is 38.9 Å². The number of esters is 1. The Kier molecular flexibility index (Phi) is 5.59. The molecular weight excluding hydrogens is 328 g/mol. The molecule has 0 radical (unpaired) electrons. The molecule has 7 heteroatoms. The summed E-state index contributed by atoms with van der Waals surface area (Å²) in [6.45, 7) is 1.47. The first-order chi connectivity index (χ1) is 11.9. The predicted octanol–water partition coefficient (Wildman–Crippen LogP) is 1.94. The summed E-state index contributed by atoms with van der Waals surface area (Å²) in [4.78, 5) is 35.8. The second kappa shape index (κ2) is 7.65. The van der Waals surface area contributed by atoms with E-state index < -0.39 is 23.5 Å². The van der Waals surface area contributed by atoms with Crippen molar-refractivity contribution in [2.24, 2.45) is 5.92 Å². The summed E-state index contributed by atoms with van der Waals surface area (Å²) in [6, 6.07) is 3.27. The molecule has 0 N–H and O–H groups in total. The number of hydrogen-bond donors (Lipinski definition) is 0. The van der Waals surface area contributed by atoms with Crippen LogP contribution in [0.1, 0.15) is 12.5 Å². The van der Waals surface area contributed by atoms with Crippen LogP contribution in [0.5, 0.6) is 17.2 Å². The number of rotatable bonds is 6. The highest BCUT2D eigenvalue weighted by atomic mass is 16.5. The van der Waals surface area contributed by atoms with Crippen molar-refractivity contribution in [2.45, 2.75) is 6.92 Å². The van der Waals surface area contributed by atoms with Gasteiger partial charge in [0.1, 0.15) is 5.76 Å². The number of carbonyl (C=O) groups is 3. The molecule has 1 aliphatic rings. The first kappa shape index (κ1) is 18.3. The van der Waals surface area contributed by atoms with Crippen LogP contribution in [0.4, 0.5) is 0 Å². The van der Waals surface area contributed by atoms with Gasteiger partial charge in [0, 0.05) is 6.08 Å². The van der Waals surface area contributed by atoms with Crippen LogP contribution in [0.15, 0.2) is 30.0 Å². The van der Waals surface area contributed by atoms with Gasteiger partial charge in [-0.3, -0.25) is 14.4 Å². The molecule has 7 nitrogen and oxygen atoms in total. The molecule has 1 aliphatic heterocycles. The lowest BCUT2D eigenvalue weighted by atomic mass is 9.96. The second-order valence-electron chi connectivity index (χ2n) is 5.21. The molecule has 1 aromatic carbocycles. The lowest BCUT2D eigenvalue weighted by molar-refractivity contribution is -0.151. The van der Waals surface area contributed by atoms with E-state index in [0.29, 0.717) is 22.8 Å². The average Bonchev–Trinajstić information content (AvgIpc) is 2.57. The molecule has 0 fully saturated rings.